The maximum absolute atomic E-state index is 13.1. The highest BCUT2D eigenvalue weighted by molar-refractivity contribution is 5.92. The van der Waals surface area contributed by atoms with Crippen LogP contribution in [0, 0.1) is 11.6 Å². The van der Waals surface area contributed by atoms with E-state index >= 15 is 0 Å². The molecule has 2 amide bonds. The number of anilines is 2. The van der Waals surface area contributed by atoms with Gasteiger partial charge in [0.25, 0.3) is 0 Å². The summed E-state index contributed by atoms with van der Waals surface area (Å²) in [6.07, 6.45) is -0.0294. The van der Waals surface area contributed by atoms with Gasteiger partial charge < -0.3 is 10.1 Å². The van der Waals surface area contributed by atoms with Crippen LogP contribution in [0.25, 0.3) is 0 Å². The number of amides is 2. The molecule has 0 spiro atoms. The van der Waals surface area contributed by atoms with Crippen LogP contribution < -0.4 is 10.2 Å². The number of carbonyl (C=O) groups is 2. The first kappa shape index (κ1) is 19.4. The van der Waals surface area contributed by atoms with Gasteiger partial charge in [-0.15, -0.1) is 0 Å². The van der Waals surface area contributed by atoms with Gasteiger partial charge in [-0.2, -0.15) is 0 Å². The smallest absolute Gasteiger partial charge is 0.413 e. The van der Waals surface area contributed by atoms with Crippen molar-refractivity contribution < 1.29 is 23.1 Å². The number of nitrogens with zero attached hydrogens (tertiary/aromatic N) is 1. The lowest BCUT2D eigenvalue weighted by molar-refractivity contribution is -0.116. The van der Waals surface area contributed by atoms with Crippen LogP contribution in [0.1, 0.15) is 18.9 Å². The Morgan fingerprint density at radius 3 is 2.38 bits per heavy atom. The topological polar surface area (TPSA) is 58.6 Å². The summed E-state index contributed by atoms with van der Waals surface area (Å²) in [4.78, 5) is 25.0. The quantitative estimate of drug-likeness (QED) is 0.841. The van der Waals surface area contributed by atoms with Crippen LogP contribution >= 0.6 is 0 Å². The lowest BCUT2D eigenvalue weighted by atomic mass is 10.1. The van der Waals surface area contributed by atoms with E-state index < -0.39 is 17.7 Å². The van der Waals surface area contributed by atoms with Gasteiger partial charge in [0.2, 0.25) is 5.91 Å². The van der Waals surface area contributed by atoms with Crippen LogP contribution in [-0.4, -0.2) is 25.7 Å². The third-order valence-electron chi connectivity index (χ3n) is 3.70. The number of ether oxygens (including phenoxy) is 1. The summed E-state index contributed by atoms with van der Waals surface area (Å²) in [6, 6.07) is 10.3. The molecule has 0 fully saturated rings. The van der Waals surface area contributed by atoms with E-state index in [9.17, 15) is 18.4 Å². The third kappa shape index (κ3) is 5.27. The zero-order chi connectivity index (χ0) is 19.1. The van der Waals surface area contributed by atoms with Crippen molar-refractivity contribution in [2.75, 3.05) is 23.9 Å². The molecule has 2 rings (SSSR count). The molecule has 0 heterocycles. The van der Waals surface area contributed by atoms with Crippen molar-refractivity contribution in [3.8, 4) is 0 Å². The molecule has 5 nitrogen and oxygen atoms in total. The van der Waals surface area contributed by atoms with Gasteiger partial charge in [-0.3, -0.25) is 9.69 Å². The Morgan fingerprint density at radius 2 is 1.77 bits per heavy atom. The highest BCUT2D eigenvalue weighted by Gasteiger charge is 2.12. The fourth-order valence-electron chi connectivity index (χ4n) is 2.27. The number of hydrogen-bond donors (Lipinski definition) is 1. The summed E-state index contributed by atoms with van der Waals surface area (Å²) >= 11 is 0. The molecule has 26 heavy (non-hydrogen) atoms. The predicted octanol–water partition coefficient (Wildman–Crippen LogP) is 4.13. The zero-order valence-corrected chi connectivity index (χ0v) is 14.6. The molecule has 0 saturated heterocycles. The largest absolute Gasteiger partial charge is 0.449 e. The first-order valence-corrected chi connectivity index (χ1v) is 8.15. The summed E-state index contributed by atoms with van der Waals surface area (Å²) in [5, 5.41) is 2.72. The number of hydrogen-bond acceptors (Lipinski definition) is 3. The molecule has 138 valence electrons. The van der Waals surface area contributed by atoms with E-state index in [1.54, 1.807) is 38.2 Å². The number of benzene rings is 2. The summed E-state index contributed by atoms with van der Waals surface area (Å²) in [5.41, 5.74) is 1.75. The first-order valence-electron chi connectivity index (χ1n) is 8.15. The number of aryl methyl sites for hydroxylation is 1. The number of nitrogens with one attached hydrogen (secondary N) is 1. The summed E-state index contributed by atoms with van der Waals surface area (Å²) in [5.74, 6) is -2.09. The summed E-state index contributed by atoms with van der Waals surface area (Å²) in [7, 11) is 1.59. The van der Waals surface area contributed by atoms with Crippen molar-refractivity contribution in [2.45, 2.75) is 19.8 Å². The SMILES string of the molecule is CCOC(=O)N(C)c1ccc(NC(=O)CCc2ccc(F)c(F)c2)cc1. The Kier molecular flexibility index (Phi) is 6.66. The van der Waals surface area contributed by atoms with Crippen molar-refractivity contribution in [1.29, 1.82) is 0 Å². The molecule has 7 heteroatoms. The van der Waals surface area contributed by atoms with Gasteiger partial charge in [-0.05, 0) is 55.3 Å². The molecule has 0 unspecified atom stereocenters. The van der Waals surface area contributed by atoms with Gasteiger partial charge in [0, 0.05) is 24.8 Å². The zero-order valence-electron chi connectivity index (χ0n) is 14.6. The molecule has 0 bridgehead atoms. The van der Waals surface area contributed by atoms with E-state index in [4.69, 9.17) is 4.74 Å². The van der Waals surface area contributed by atoms with E-state index in [2.05, 4.69) is 5.32 Å². The molecule has 1 N–H and O–H groups in total. The Balaban J connectivity index is 1.88. The molecule has 2 aromatic carbocycles. The second kappa shape index (κ2) is 8.94. The van der Waals surface area contributed by atoms with Crippen molar-refractivity contribution in [3.63, 3.8) is 0 Å². The van der Waals surface area contributed by atoms with Gasteiger partial charge in [0.15, 0.2) is 11.6 Å². The van der Waals surface area contributed by atoms with Crippen LogP contribution in [0.15, 0.2) is 42.5 Å². The van der Waals surface area contributed by atoms with Crippen molar-refractivity contribution in [1.82, 2.24) is 0 Å². The van der Waals surface area contributed by atoms with Gasteiger partial charge in [-0.25, -0.2) is 13.6 Å². The van der Waals surface area contributed by atoms with E-state index in [1.165, 1.54) is 11.0 Å². The average Bonchev–Trinajstić information content (AvgIpc) is 2.63. The maximum Gasteiger partial charge on any atom is 0.413 e. The predicted molar refractivity (Wildman–Crippen MR) is 95.2 cm³/mol. The van der Waals surface area contributed by atoms with Crippen LogP contribution in [0.5, 0.6) is 0 Å². The molecule has 0 saturated carbocycles. The molecule has 0 aliphatic rings. The van der Waals surface area contributed by atoms with E-state index in [-0.39, 0.29) is 18.9 Å². The molecular weight excluding hydrogens is 342 g/mol. The van der Waals surface area contributed by atoms with Gasteiger partial charge in [-0.1, -0.05) is 6.07 Å². The molecule has 0 atom stereocenters. The Bertz CT molecular complexity index is 779. The monoisotopic (exact) mass is 362 g/mol. The Morgan fingerprint density at radius 1 is 1.08 bits per heavy atom. The second-order valence-corrected chi connectivity index (χ2v) is 5.60. The minimum atomic E-state index is -0.927. The van der Waals surface area contributed by atoms with E-state index in [1.807, 2.05) is 0 Å². The lowest BCUT2D eigenvalue weighted by Gasteiger charge is -2.17. The molecule has 0 radical (unpaired) electrons. The van der Waals surface area contributed by atoms with E-state index in [0.29, 0.717) is 23.4 Å². The third-order valence-corrected chi connectivity index (χ3v) is 3.70. The average molecular weight is 362 g/mol. The maximum atomic E-state index is 13.1. The fourth-order valence-corrected chi connectivity index (χ4v) is 2.27. The standard InChI is InChI=1S/C19H20F2N2O3/c1-3-26-19(25)23(2)15-8-6-14(7-9-15)22-18(24)11-5-13-4-10-16(20)17(21)12-13/h4,6-10,12H,3,5,11H2,1-2H3,(H,22,24). The lowest BCUT2D eigenvalue weighted by Crippen LogP contribution is -2.26. The molecule has 0 aromatic heterocycles. The van der Waals surface area contributed by atoms with Gasteiger partial charge >= 0.3 is 6.09 Å². The normalized spacial score (nSPS) is 10.3. The van der Waals surface area contributed by atoms with Crippen molar-refractivity contribution in [2.24, 2.45) is 0 Å². The Labute approximate surface area is 150 Å². The van der Waals surface area contributed by atoms with Crippen LogP contribution in [0.2, 0.25) is 0 Å². The number of rotatable bonds is 6. The van der Waals surface area contributed by atoms with Crippen LogP contribution in [0.3, 0.4) is 0 Å². The first-order chi connectivity index (χ1) is 12.4. The molecule has 0 aliphatic carbocycles. The van der Waals surface area contributed by atoms with E-state index in [0.717, 1.165) is 12.1 Å². The minimum Gasteiger partial charge on any atom is -0.449 e. The summed E-state index contributed by atoms with van der Waals surface area (Å²) < 4.78 is 30.9. The molecular formula is C19H20F2N2O3. The summed E-state index contributed by atoms with van der Waals surface area (Å²) in [6.45, 7) is 2.01. The minimum absolute atomic E-state index is 0.134. The molecule has 0 aliphatic heterocycles. The second-order valence-electron chi connectivity index (χ2n) is 5.60. The Hall–Kier alpha value is -2.96. The fraction of sp³-hybridized carbons (Fsp3) is 0.263. The number of carbonyl (C=O) groups excluding carboxylic acids is 2. The molecule has 2 aromatic rings. The van der Waals surface area contributed by atoms with Gasteiger partial charge in [0.05, 0.1) is 6.61 Å². The highest BCUT2D eigenvalue weighted by atomic mass is 19.2. The van der Waals surface area contributed by atoms with Crippen LogP contribution in [-0.2, 0) is 16.0 Å². The highest BCUT2D eigenvalue weighted by Crippen LogP contribution is 2.18. The number of halogens is 2. The van der Waals surface area contributed by atoms with Crippen molar-refractivity contribution in [3.05, 3.63) is 59.7 Å². The van der Waals surface area contributed by atoms with Crippen molar-refractivity contribution >= 4 is 23.4 Å². The van der Waals surface area contributed by atoms with Gasteiger partial charge in [0.1, 0.15) is 0 Å². The van der Waals surface area contributed by atoms with Crippen LogP contribution in [0.4, 0.5) is 25.0 Å².